The fourth-order valence-electron chi connectivity index (χ4n) is 3.13. The largest absolute Gasteiger partial charge is 0.340 e. The first-order valence-corrected chi connectivity index (χ1v) is 8.97. The van der Waals surface area contributed by atoms with E-state index in [2.05, 4.69) is 10.4 Å². The van der Waals surface area contributed by atoms with E-state index in [4.69, 9.17) is 5.73 Å². The molecule has 3 N–H and O–H groups in total. The van der Waals surface area contributed by atoms with E-state index in [0.29, 0.717) is 18.0 Å². The van der Waals surface area contributed by atoms with Crippen molar-refractivity contribution in [3.8, 4) is 0 Å². The van der Waals surface area contributed by atoms with E-state index in [1.54, 1.807) is 16.5 Å². The van der Waals surface area contributed by atoms with Gasteiger partial charge in [-0.1, -0.05) is 0 Å². The van der Waals surface area contributed by atoms with Crippen LogP contribution in [0.15, 0.2) is 6.07 Å². The number of rotatable bonds is 3. The highest BCUT2D eigenvalue weighted by molar-refractivity contribution is 7.20. The molecule has 1 saturated heterocycles. The number of carbonyl (C=O) groups excluding carboxylic acids is 2. The average molecular weight is 386 g/mol. The van der Waals surface area contributed by atoms with Crippen molar-refractivity contribution in [2.24, 2.45) is 12.8 Å². The number of carbonyl (C=O) groups is 2. The number of nitrogens with two attached hydrogens (primary N) is 1. The SMILES string of the molecule is Cc1nn(C)c2sc(C(=O)NC(C)C(=O)N3CCCC(N)C3)cc12.Cl. The molecule has 0 aliphatic carbocycles. The molecule has 3 rings (SSSR count). The Hall–Kier alpha value is -1.64. The Kier molecular flexibility index (Phi) is 6.08. The van der Waals surface area contributed by atoms with Gasteiger partial charge in [-0.05, 0) is 32.8 Å². The van der Waals surface area contributed by atoms with Crippen LogP contribution < -0.4 is 11.1 Å². The molecule has 2 atom stereocenters. The van der Waals surface area contributed by atoms with Crippen molar-refractivity contribution in [1.82, 2.24) is 20.0 Å². The molecule has 0 spiro atoms. The van der Waals surface area contributed by atoms with E-state index in [9.17, 15) is 9.59 Å². The van der Waals surface area contributed by atoms with Crippen molar-refractivity contribution in [2.75, 3.05) is 13.1 Å². The predicted molar refractivity (Wildman–Crippen MR) is 101 cm³/mol. The Morgan fingerprint density at radius 1 is 1.48 bits per heavy atom. The summed E-state index contributed by atoms with van der Waals surface area (Å²) in [5, 5.41) is 8.12. The third-order valence-electron chi connectivity index (χ3n) is 4.41. The molecule has 2 unspecified atom stereocenters. The number of nitrogens with zero attached hydrogens (tertiary/aromatic N) is 3. The van der Waals surface area contributed by atoms with Crippen LogP contribution in [0.5, 0.6) is 0 Å². The van der Waals surface area contributed by atoms with Gasteiger partial charge in [0.15, 0.2) is 0 Å². The number of hydrogen-bond donors (Lipinski definition) is 2. The van der Waals surface area contributed by atoms with Gasteiger partial charge in [0.25, 0.3) is 5.91 Å². The number of hydrogen-bond acceptors (Lipinski definition) is 5. The molecule has 0 saturated carbocycles. The van der Waals surface area contributed by atoms with E-state index < -0.39 is 6.04 Å². The minimum atomic E-state index is -0.563. The van der Waals surface area contributed by atoms with Gasteiger partial charge in [0.2, 0.25) is 5.91 Å². The van der Waals surface area contributed by atoms with E-state index in [-0.39, 0.29) is 30.3 Å². The zero-order valence-electron chi connectivity index (χ0n) is 14.6. The number of nitrogens with one attached hydrogen (secondary N) is 1. The number of aromatic nitrogens is 2. The second-order valence-electron chi connectivity index (χ2n) is 6.42. The summed E-state index contributed by atoms with van der Waals surface area (Å²) in [6.45, 7) is 4.91. The van der Waals surface area contributed by atoms with Crippen molar-refractivity contribution in [3.05, 3.63) is 16.6 Å². The number of halogens is 1. The molecule has 2 aromatic rings. The smallest absolute Gasteiger partial charge is 0.262 e. The van der Waals surface area contributed by atoms with E-state index in [0.717, 1.165) is 28.8 Å². The number of amides is 2. The maximum Gasteiger partial charge on any atom is 0.262 e. The van der Waals surface area contributed by atoms with E-state index >= 15 is 0 Å². The van der Waals surface area contributed by atoms with Gasteiger partial charge in [-0.2, -0.15) is 5.10 Å². The number of aryl methyl sites for hydroxylation is 2. The zero-order valence-corrected chi connectivity index (χ0v) is 16.2. The van der Waals surface area contributed by atoms with Crippen molar-refractivity contribution in [1.29, 1.82) is 0 Å². The summed E-state index contributed by atoms with van der Waals surface area (Å²) in [6.07, 6.45) is 1.86. The highest BCUT2D eigenvalue weighted by atomic mass is 35.5. The molecule has 7 nitrogen and oxygen atoms in total. The minimum Gasteiger partial charge on any atom is -0.340 e. The van der Waals surface area contributed by atoms with Crippen molar-refractivity contribution >= 4 is 45.8 Å². The fraction of sp³-hybridized carbons (Fsp3) is 0.562. The van der Waals surface area contributed by atoms with Gasteiger partial charge >= 0.3 is 0 Å². The van der Waals surface area contributed by atoms with Crippen LogP contribution in [0.4, 0.5) is 0 Å². The number of thiophene rings is 1. The van der Waals surface area contributed by atoms with Gasteiger partial charge in [0, 0.05) is 31.6 Å². The van der Waals surface area contributed by atoms with Gasteiger partial charge in [-0.25, -0.2) is 0 Å². The maximum atomic E-state index is 12.5. The second kappa shape index (κ2) is 7.72. The molecule has 1 fully saturated rings. The van der Waals surface area contributed by atoms with Crippen LogP contribution in [-0.4, -0.2) is 51.7 Å². The third kappa shape index (κ3) is 3.96. The zero-order chi connectivity index (χ0) is 17.4. The fourth-order valence-corrected chi connectivity index (χ4v) is 4.16. The van der Waals surface area contributed by atoms with Crippen LogP contribution in [-0.2, 0) is 11.8 Å². The lowest BCUT2D eigenvalue weighted by atomic mass is 10.1. The van der Waals surface area contributed by atoms with Crippen LogP contribution in [0.3, 0.4) is 0 Å². The van der Waals surface area contributed by atoms with Gasteiger partial charge in [-0.3, -0.25) is 14.3 Å². The van der Waals surface area contributed by atoms with Crippen molar-refractivity contribution in [2.45, 2.75) is 38.8 Å². The summed E-state index contributed by atoms with van der Waals surface area (Å²) in [4.78, 5) is 28.3. The highest BCUT2D eigenvalue weighted by Gasteiger charge is 2.27. The van der Waals surface area contributed by atoms with Crippen LogP contribution >= 0.6 is 23.7 Å². The third-order valence-corrected chi connectivity index (χ3v) is 5.61. The lowest BCUT2D eigenvalue weighted by Crippen LogP contribution is -2.52. The highest BCUT2D eigenvalue weighted by Crippen LogP contribution is 2.27. The first-order chi connectivity index (χ1) is 11.4. The van der Waals surface area contributed by atoms with E-state index in [1.807, 2.05) is 20.0 Å². The molecule has 138 valence electrons. The number of likely N-dealkylation sites (tertiary alicyclic amines) is 1. The van der Waals surface area contributed by atoms with Crippen molar-refractivity contribution in [3.63, 3.8) is 0 Å². The van der Waals surface area contributed by atoms with Gasteiger partial charge in [0.05, 0.1) is 10.6 Å². The first-order valence-electron chi connectivity index (χ1n) is 8.15. The Balaban J connectivity index is 0.00000225. The predicted octanol–water partition coefficient (Wildman–Crippen LogP) is 1.43. The quantitative estimate of drug-likeness (QED) is 0.835. The summed E-state index contributed by atoms with van der Waals surface area (Å²) < 4.78 is 1.77. The summed E-state index contributed by atoms with van der Waals surface area (Å²) >= 11 is 1.39. The molecule has 1 aliphatic heterocycles. The van der Waals surface area contributed by atoms with Crippen LogP contribution in [0.1, 0.15) is 35.1 Å². The molecule has 2 amide bonds. The monoisotopic (exact) mass is 385 g/mol. The Morgan fingerprint density at radius 3 is 2.84 bits per heavy atom. The molecular weight excluding hydrogens is 362 g/mol. The summed E-state index contributed by atoms with van der Waals surface area (Å²) in [6, 6.07) is 1.31. The van der Waals surface area contributed by atoms with Crippen LogP contribution in [0.2, 0.25) is 0 Å². The minimum absolute atomic E-state index is 0. The lowest BCUT2D eigenvalue weighted by molar-refractivity contribution is -0.134. The molecule has 0 bridgehead atoms. The second-order valence-corrected chi connectivity index (χ2v) is 7.45. The van der Waals surface area contributed by atoms with Crippen molar-refractivity contribution < 1.29 is 9.59 Å². The van der Waals surface area contributed by atoms with Crippen LogP contribution in [0.25, 0.3) is 10.2 Å². The molecule has 2 aromatic heterocycles. The van der Waals surface area contributed by atoms with Gasteiger partial charge in [0.1, 0.15) is 10.9 Å². The average Bonchev–Trinajstić information content (AvgIpc) is 3.09. The number of fused-ring (bicyclic) bond motifs is 1. The van der Waals surface area contributed by atoms with Gasteiger partial charge in [-0.15, -0.1) is 23.7 Å². The number of piperidine rings is 1. The molecule has 9 heteroatoms. The molecule has 3 heterocycles. The Morgan fingerprint density at radius 2 is 2.20 bits per heavy atom. The Labute approximate surface area is 156 Å². The standard InChI is InChI=1S/C16H23N5O2S.ClH/c1-9-12-7-13(24-16(12)20(3)19-9)14(22)18-10(2)15(23)21-6-4-5-11(17)8-21;/h7,10-11H,4-6,8,17H2,1-3H3,(H,18,22);1H. The first kappa shape index (κ1) is 19.7. The summed E-state index contributed by atoms with van der Waals surface area (Å²) in [7, 11) is 1.86. The van der Waals surface area contributed by atoms with Crippen LogP contribution in [0, 0.1) is 6.92 Å². The molecule has 0 radical (unpaired) electrons. The van der Waals surface area contributed by atoms with Gasteiger partial charge < -0.3 is 16.0 Å². The summed E-state index contributed by atoms with van der Waals surface area (Å²) in [5.41, 5.74) is 6.82. The van der Waals surface area contributed by atoms with E-state index in [1.165, 1.54) is 11.3 Å². The molecule has 1 aliphatic rings. The molecule has 25 heavy (non-hydrogen) atoms. The molecular formula is C16H24ClN5O2S. The summed E-state index contributed by atoms with van der Waals surface area (Å²) in [5.74, 6) is -0.296. The Bertz CT molecular complexity index is 752. The maximum absolute atomic E-state index is 12.5. The lowest BCUT2D eigenvalue weighted by Gasteiger charge is -2.32. The topological polar surface area (TPSA) is 93.2 Å². The normalized spacial score (nSPS) is 18.7. The molecule has 0 aromatic carbocycles.